The second kappa shape index (κ2) is 6.05. The molecule has 2 aliphatic heterocycles. The summed E-state index contributed by atoms with van der Waals surface area (Å²) in [6.07, 6.45) is 1.26. The fraction of sp³-hybridized carbons (Fsp3) is 0.632. The van der Waals surface area contributed by atoms with Crippen LogP contribution in [0.4, 0.5) is 4.79 Å². The lowest BCUT2D eigenvalue weighted by molar-refractivity contribution is -0.0535. The van der Waals surface area contributed by atoms with Gasteiger partial charge in [-0.15, -0.1) is 0 Å². The van der Waals surface area contributed by atoms with Gasteiger partial charge in [-0.05, 0) is 39.2 Å². The molecule has 132 valence electrons. The summed E-state index contributed by atoms with van der Waals surface area (Å²) in [5.74, 6) is 0. The highest BCUT2D eigenvalue weighted by Crippen LogP contribution is 2.59. The minimum absolute atomic E-state index is 0.104. The standard InChI is InChI=1S/C19H27NO4/c1-17(2,3)24-16(22)20-12-18(13-21)10-19(20,11-18)14-23-9-15-7-5-4-6-8-15/h4-8,21H,9-14H2,1-3H3. The zero-order valence-corrected chi connectivity index (χ0v) is 14.7. The van der Waals surface area contributed by atoms with Crippen LogP contribution >= 0.6 is 0 Å². The molecule has 0 spiro atoms. The van der Waals surface area contributed by atoms with Gasteiger partial charge in [0.2, 0.25) is 0 Å². The zero-order valence-electron chi connectivity index (χ0n) is 14.7. The Morgan fingerprint density at radius 2 is 1.92 bits per heavy atom. The van der Waals surface area contributed by atoms with E-state index in [0.717, 1.165) is 18.4 Å². The molecule has 0 unspecified atom stereocenters. The van der Waals surface area contributed by atoms with Gasteiger partial charge in [-0.1, -0.05) is 30.3 Å². The molecule has 4 rings (SSSR count). The summed E-state index contributed by atoms with van der Waals surface area (Å²) in [5.41, 5.74) is 0.0820. The number of nitrogens with zero attached hydrogens (tertiary/aromatic N) is 1. The monoisotopic (exact) mass is 333 g/mol. The summed E-state index contributed by atoms with van der Waals surface area (Å²) in [7, 11) is 0. The number of fused-ring (bicyclic) bond motifs is 1. The van der Waals surface area contributed by atoms with Crippen LogP contribution in [0.2, 0.25) is 0 Å². The Labute approximate surface area is 143 Å². The summed E-state index contributed by atoms with van der Waals surface area (Å²) < 4.78 is 11.5. The molecule has 0 atom stereocenters. The smallest absolute Gasteiger partial charge is 0.410 e. The Morgan fingerprint density at radius 1 is 1.25 bits per heavy atom. The van der Waals surface area contributed by atoms with Crippen LogP contribution in [0.25, 0.3) is 0 Å². The molecule has 2 bridgehead atoms. The van der Waals surface area contributed by atoms with Gasteiger partial charge in [-0.25, -0.2) is 4.79 Å². The molecule has 1 N–H and O–H groups in total. The first-order chi connectivity index (χ1) is 11.3. The van der Waals surface area contributed by atoms with E-state index in [9.17, 15) is 9.90 Å². The molecule has 5 nitrogen and oxygen atoms in total. The van der Waals surface area contributed by atoms with Gasteiger partial charge in [0.05, 0.1) is 25.4 Å². The molecule has 24 heavy (non-hydrogen) atoms. The van der Waals surface area contributed by atoms with Crippen molar-refractivity contribution in [2.45, 2.75) is 51.4 Å². The number of hydrogen-bond acceptors (Lipinski definition) is 4. The fourth-order valence-corrected chi connectivity index (χ4v) is 4.00. The highest BCUT2D eigenvalue weighted by Gasteiger charge is 2.67. The van der Waals surface area contributed by atoms with Crippen molar-refractivity contribution in [2.75, 3.05) is 19.8 Å². The summed E-state index contributed by atoms with van der Waals surface area (Å²) in [4.78, 5) is 14.3. The molecule has 1 aromatic carbocycles. The Bertz CT molecular complexity index is 587. The van der Waals surface area contributed by atoms with Gasteiger partial charge >= 0.3 is 6.09 Å². The molecule has 5 heteroatoms. The molecular formula is C19H27NO4. The molecule has 3 fully saturated rings. The lowest BCUT2D eigenvalue weighted by Crippen LogP contribution is -2.55. The maximum atomic E-state index is 12.6. The first kappa shape index (κ1) is 17.2. The average Bonchev–Trinajstić information content (AvgIpc) is 2.97. The van der Waals surface area contributed by atoms with Gasteiger partial charge in [-0.2, -0.15) is 0 Å². The number of aliphatic hydroxyl groups excluding tert-OH is 1. The maximum Gasteiger partial charge on any atom is 0.410 e. The van der Waals surface area contributed by atoms with E-state index in [2.05, 4.69) is 0 Å². The van der Waals surface area contributed by atoms with Crippen molar-refractivity contribution >= 4 is 6.09 Å². The lowest BCUT2D eigenvalue weighted by atomic mass is 9.62. The third-order valence-electron chi connectivity index (χ3n) is 4.91. The molecular weight excluding hydrogens is 306 g/mol. The average molecular weight is 333 g/mol. The molecule has 1 aliphatic carbocycles. The maximum absolute atomic E-state index is 12.6. The molecule has 2 heterocycles. The fourth-order valence-electron chi connectivity index (χ4n) is 4.00. The van der Waals surface area contributed by atoms with Gasteiger partial charge in [0.25, 0.3) is 0 Å². The Morgan fingerprint density at radius 3 is 2.50 bits per heavy atom. The molecule has 1 amide bonds. The number of rotatable bonds is 5. The second-order valence-electron chi connectivity index (χ2n) is 8.28. The van der Waals surface area contributed by atoms with E-state index in [0.29, 0.717) is 19.8 Å². The topological polar surface area (TPSA) is 59.0 Å². The van der Waals surface area contributed by atoms with E-state index in [1.54, 1.807) is 4.90 Å². The normalized spacial score (nSPS) is 28.6. The predicted molar refractivity (Wildman–Crippen MR) is 90.5 cm³/mol. The third-order valence-corrected chi connectivity index (χ3v) is 4.91. The quantitative estimate of drug-likeness (QED) is 0.900. The SMILES string of the molecule is CC(C)(C)OC(=O)N1CC2(CO)CC1(COCc1ccccc1)C2. The van der Waals surface area contributed by atoms with Crippen molar-refractivity contribution in [1.29, 1.82) is 0 Å². The summed E-state index contributed by atoms with van der Waals surface area (Å²) >= 11 is 0. The molecule has 3 aliphatic rings. The van der Waals surface area contributed by atoms with E-state index in [-0.39, 0.29) is 23.7 Å². The van der Waals surface area contributed by atoms with E-state index in [4.69, 9.17) is 9.47 Å². The summed E-state index contributed by atoms with van der Waals surface area (Å²) in [6.45, 7) is 7.25. The van der Waals surface area contributed by atoms with Gasteiger partial charge in [0, 0.05) is 12.0 Å². The Hall–Kier alpha value is -1.59. The van der Waals surface area contributed by atoms with Gasteiger partial charge < -0.3 is 14.6 Å². The van der Waals surface area contributed by atoms with Gasteiger partial charge in [-0.3, -0.25) is 4.90 Å². The predicted octanol–water partition coefficient (Wildman–Crippen LogP) is 2.97. The Balaban J connectivity index is 1.64. The van der Waals surface area contributed by atoms with Crippen LogP contribution in [0.5, 0.6) is 0 Å². The van der Waals surface area contributed by atoms with Gasteiger partial charge in [0.15, 0.2) is 0 Å². The molecule has 1 aromatic rings. The number of amides is 1. The van der Waals surface area contributed by atoms with Crippen LogP contribution in [0.3, 0.4) is 0 Å². The number of ether oxygens (including phenoxy) is 2. The van der Waals surface area contributed by atoms with Crippen LogP contribution in [0.1, 0.15) is 39.2 Å². The summed E-state index contributed by atoms with van der Waals surface area (Å²) in [5, 5.41) is 9.69. The number of hydrogen-bond donors (Lipinski definition) is 1. The third kappa shape index (κ3) is 3.28. The highest BCUT2D eigenvalue weighted by atomic mass is 16.6. The van der Waals surface area contributed by atoms with E-state index < -0.39 is 5.60 Å². The number of benzene rings is 1. The van der Waals surface area contributed by atoms with Crippen molar-refractivity contribution < 1.29 is 19.4 Å². The molecule has 1 saturated carbocycles. The second-order valence-corrected chi connectivity index (χ2v) is 8.28. The lowest BCUT2D eigenvalue weighted by Gasteiger charge is -2.46. The van der Waals surface area contributed by atoms with Crippen LogP contribution in [-0.2, 0) is 16.1 Å². The molecule has 0 aromatic heterocycles. The van der Waals surface area contributed by atoms with Crippen molar-refractivity contribution in [3.05, 3.63) is 35.9 Å². The number of carbonyl (C=O) groups is 1. The minimum atomic E-state index is -0.525. The molecule has 0 radical (unpaired) electrons. The van der Waals surface area contributed by atoms with Crippen molar-refractivity contribution in [3.63, 3.8) is 0 Å². The highest BCUT2D eigenvalue weighted by molar-refractivity contribution is 5.71. The molecule has 2 saturated heterocycles. The van der Waals surface area contributed by atoms with E-state index in [1.807, 2.05) is 51.1 Å². The van der Waals surface area contributed by atoms with E-state index in [1.165, 1.54) is 0 Å². The van der Waals surface area contributed by atoms with Crippen molar-refractivity contribution in [2.24, 2.45) is 5.41 Å². The van der Waals surface area contributed by atoms with Crippen LogP contribution < -0.4 is 0 Å². The van der Waals surface area contributed by atoms with Crippen LogP contribution in [-0.4, -0.2) is 47.0 Å². The Kier molecular flexibility index (Phi) is 4.34. The van der Waals surface area contributed by atoms with Gasteiger partial charge in [0.1, 0.15) is 5.60 Å². The zero-order chi connectivity index (χ0) is 17.4. The number of carbonyl (C=O) groups excluding carboxylic acids is 1. The minimum Gasteiger partial charge on any atom is -0.444 e. The van der Waals surface area contributed by atoms with Crippen molar-refractivity contribution in [3.8, 4) is 0 Å². The van der Waals surface area contributed by atoms with Crippen LogP contribution in [0.15, 0.2) is 30.3 Å². The largest absolute Gasteiger partial charge is 0.444 e. The first-order valence-corrected chi connectivity index (χ1v) is 8.51. The number of aliphatic hydroxyl groups is 1. The first-order valence-electron chi connectivity index (χ1n) is 8.51. The van der Waals surface area contributed by atoms with E-state index >= 15 is 0 Å². The summed E-state index contributed by atoms with van der Waals surface area (Å²) in [6, 6.07) is 10.00. The van der Waals surface area contributed by atoms with Crippen molar-refractivity contribution in [1.82, 2.24) is 4.90 Å². The van der Waals surface area contributed by atoms with Crippen LogP contribution in [0, 0.1) is 5.41 Å².